The van der Waals surface area contributed by atoms with Crippen LogP contribution in [0.5, 0.6) is 5.75 Å². The Morgan fingerprint density at radius 3 is 2.42 bits per heavy atom. The summed E-state index contributed by atoms with van der Waals surface area (Å²) in [5.74, 6) is 0.781. The molecule has 0 fully saturated rings. The minimum atomic E-state index is -0.318. The van der Waals surface area contributed by atoms with Gasteiger partial charge in [0.1, 0.15) is 11.3 Å². The van der Waals surface area contributed by atoms with Crippen LogP contribution in [0.25, 0.3) is 32.5 Å². The summed E-state index contributed by atoms with van der Waals surface area (Å²) >= 11 is 1.53. The van der Waals surface area contributed by atoms with E-state index in [4.69, 9.17) is 9.15 Å². The number of thiophene rings is 1. The lowest BCUT2D eigenvalue weighted by Crippen LogP contribution is -2.05. The van der Waals surface area contributed by atoms with Gasteiger partial charge in [-0.15, -0.1) is 11.3 Å². The van der Waals surface area contributed by atoms with Crippen molar-refractivity contribution in [3.05, 3.63) is 76.5 Å². The Labute approximate surface area is 142 Å². The van der Waals surface area contributed by atoms with Gasteiger partial charge in [-0.3, -0.25) is 0 Å². The molecule has 24 heavy (non-hydrogen) atoms. The molecule has 0 aliphatic heterocycles. The van der Waals surface area contributed by atoms with Crippen molar-refractivity contribution < 1.29 is 9.15 Å². The van der Waals surface area contributed by atoms with Crippen LogP contribution in [-0.4, -0.2) is 7.11 Å². The second-order valence-electron chi connectivity index (χ2n) is 5.34. The highest BCUT2D eigenvalue weighted by atomic mass is 32.1. The summed E-state index contributed by atoms with van der Waals surface area (Å²) in [4.78, 5) is 13.6. The second-order valence-corrected chi connectivity index (χ2v) is 6.29. The fourth-order valence-corrected chi connectivity index (χ4v) is 3.62. The number of ether oxygens (including phenoxy) is 1. The van der Waals surface area contributed by atoms with E-state index in [-0.39, 0.29) is 5.63 Å². The standard InChI is InChI=1S/C20H14O3S/c1-22-14-10-8-13(9-11-14)18-15-5-2-3-6-16(15)23-20(21)19(18)17-7-4-12-24-17/h2-12H,1H3. The highest BCUT2D eigenvalue weighted by molar-refractivity contribution is 7.13. The Balaban J connectivity index is 2.10. The van der Waals surface area contributed by atoms with Crippen LogP contribution >= 0.6 is 11.3 Å². The lowest BCUT2D eigenvalue weighted by molar-refractivity contribution is 0.415. The minimum Gasteiger partial charge on any atom is -0.497 e. The fraction of sp³-hybridized carbons (Fsp3) is 0.0500. The first kappa shape index (κ1) is 14.7. The summed E-state index contributed by atoms with van der Waals surface area (Å²) in [5, 5.41) is 2.88. The van der Waals surface area contributed by atoms with E-state index in [0.29, 0.717) is 11.1 Å². The highest BCUT2D eigenvalue weighted by Crippen LogP contribution is 2.37. The Bertz CT molecular complexity index is 1040. The zero-order valence-electron chi connectivity index (χ0n) is 13.0. The van der Waals surface area contributed by atoms with Crippen LogP contribution in [0.2, 0.25) is 0 Å². The molecule has 0 aliphatic carbocycles. The number of rotatable bonds is 3. The molecule has 0 spiro atoms. The largest absolute Gasteiger partial charge is 0.497 e. The van der Waals surface area contributed by atoms with Crippen molar-refractivity contribution in [1.82, 2.24) is 0 Å². The predicted molar refractivity (Wildman–Crippen MR) is 97.8 cm³/mol. The van der Waals surface area contributed by atoms with Crippen LogP contribution in [0.15, 0.2) is 75.3 Å². The maximum atomic E-state index is 12.7. The molecule has 0 atom stereocenters. The molecule has 2 aromatic carbocycles. The Kier molecular flexibility index (Phi) is 3.67. The van der Waals surface area contributed by atoms with Gasteiger partial charge < -0.3 is 9.15 Å². The van der Waals surface area contributed by atoms with Crippen molar-refractivity contribution in [3.63, 3.8) is 0 Å². The Morgan fingerprint density at radius 1 is 0.917 bits per heavy atom. The van der Waals surface area contributed by atoms with Gasteiger partial charge in [0, 0.05) is 15.8 Å². The third-order valence-corrected chi connectivity index (χ3v) is 4.85. The molecule has 0 saturated carbocycles. The molecule has 0 aliphatic rings. The minimum absolute atomic E-state index is 0.318. The number of benzene rings is 2. The molecule has 3 nitrogen and oxygen atoms in total. The van der Waals surface area contributed by atoms with E-state index < -0.39 is 0 Å². The topological polar surface area (TPSA) is 39.4 Å². The van der Waals surface area contributed by atoms with Gasteiger partial charge >= 0.3 is 5.63 Å². The molecule has 4 heteroatoms. The first-order valence-electron chi connectivity index (χ1n) is 7.52. The average Bonchev–Trinajstić information content (AvgIpc) is 3.15. The van der Waals surface area contributed by atoms with Gasteiger partial charge in [0.25, 0.3) is 0 Å². The van der Waals surface area contributed by atoms with Crippen molar-refractivity contribution in [1.29, 1.82) is 0 Å². The van der Waals surface area contributed by atoms with Gasteiger partial charge in [-0.05, 0) is 35.2 Å². The van der Waals surface area contributed by atoms with Gasteiger partial charge in [0.05, 0.1) is 12.7 Å². The van der Waals surface area contributed by atoms with Gasteiger partial charge in [0.2, 0.25) is 0 Å². The summed E-state index contributed by atoms with van der Waals surface area (Å²) in [5.41, 5.74) is 2.74. The molecule has 0 radical (unpaired) electrons. The van der Waals surface area contributed by atoms with Gasteiger partial charge in [0.15, 0.2) is 0 Å². The molecular formula is C20H14O3S. The van der Waals surface area contributed by atoms with E-state index in [1.54, 1.807) is 7.11 Å². The molecule has 0 saturated heterocycles. The van der Waals surface area contributed by atoms with Crippen LogP contribution in [0.1, 0.15) is 0 Å². The summed E-state index contributed by atoms with van der Waals surface area (Å²) in [6, 6.07) is 19.2. The van der Waals surface area contributed by atoms with Gasteiger partial charge in [-0.2, -0.15) is 0 Å². The van der Waals surface area contributed by atoms with Crippen LogP contribution < -0.4 is 10.4 Å². The van der Waals surface area contributed by atoms with Crippen molar-refractivity contribution in [3.8, 4) is 27.3 Å². The van der Waals surface area contributed by atoms with Crippen LogP contribution in [-0.2, 0) is 0 Å². The summed E-state index contributed by atoms with van der Waals surface area (Å²) in [6.45, 7) is 0. The molecule has 0 unspecified atom stereocenters. The summed E-state index contributed by atoms with van der Waals surface area (Å²) in [6.07, 6.45) is 0. The smallest absolute Gasteiger partial charge is 0.345 e. The van der Waals surface area contributed by atoms with Crippen molar-refractivity contribution in [2.24, 2.45) is 0 Å². The second kappa shape index (κ2) is 5.98. The number of fused-ring (bicyclic) bond motifs is 1. The number of methoxy groups -OCH3 is 1. The van der Waals surface area contributed by atoms with Crippen molar-refractivity contribution in [2.75, 3.05) is 7.11 Å². The molecule has 0 amide bonds. The molecule has 2 heterocycles. The molecule has 4 aromatic rings. The van der Waals surface area contributed by atoms with Crippen molar-refractivity contribution >= 4 is 22.3 Å². The first-order chi connectivity index (χ1) is 11.8. The lowest BCUT2D eigenvalue weighted by atomic mass is 9.96. The zero-order chi connectivity index (χ0) is 16.5. The molecule has 2 aromatic heterocycles. The Hall–Kier alpha value is -2.85. The van der Waals surface area contributed by atoms with Crippen molar-refractivity contribution in [2.45, 2.75) is 0 Å². The molecular weight excluding hydrogens is 320 g/mol. The van der Waals surface area contributed by atoms with Gasteiger partial charge in [-0.25, -0.2) is 4.79 Å². The maximum absolute atomic E-state index is 12.7. The highest BCUT2D eigenvalue weighted by Gasteiger charge is 2.18. The maximum Gasteiger partial charge on any atom is 0.345 e. The summed E-state index contributed by atoms with van der Waals surface area (Å²) in [7, 11) is 1.64. The SMILES string of the molecule is COc1ccc(-c2c(-c3cccs3)c(=O)oc3ccccc23)cc1. The van der Waals surface area contributed by atoms with E-state index in [0.717, 1.165) is 27.1 Å². The van der Waals surface area contributed by atoms with E-state index in [2.05, 4.69) is 0 Å². The number of hydrogen-bond acceptors (Lipinski definition) is 4. The molecule has 118 valence electrons. The third-order valence-electron chi connectivity index (χ3n) is 3.96. The number of para-hydroxylation sites is 1. The van der Waals surface area contributed by atoms with Crippen LogP contribution in [0.3, 0.4) is 0 Å². The fourth-order valence-electron chi connectivity index (χ4n) is 2.85. The predicted octanol–water partition coefficient (Wildman–Crippen LogP) is 5.20. The van der Waals surface area contributed by atoms with E-state index in [1.165, 1.54) is 11.3 Å². The molecule has 4 rings (SSSR count). The first-order valence-corrected chi connectivity index (χ1v) is 8.40. The lowest BCUT2D eigenvalue weighted by Gasteiger charge is -2.11. The van der Waals surface area contributed by atoms with Crippen LogP contribution in [0.4, 0.5) is 0 Å². The van der Waals surface area contributed by atoms with E-state index in [1.807, 2.05) is 66.0 Å². The monoisotopic (exact) mass is 334 g/mol. The van der Waals surface area contributed by atoms with E-state index in [9.17, 15) is 4.79 Å². The quantitative estimate of drug-likeness (QED) is 0.484. The average molecular weight is 334 g/mol. The van der Waals surface area contributed by atoms with Gasteiger partial charge in [-0.1, -0.05) is 36.4 Å². The van der Waals surface area contributed by atoms with Crippen LogP contribution in [0, 0.1) is 0 Å². The summed E-state index contributed by atoms with van der Waals surface area (Å²) < 4.78 is 10.8. The number of hydrogen-bond donors (Lipinski definition) is 0. The van der Waals surface area contributed by atoms with E-state index >= 15 is 0 Å². The zero-order valence-corrected chi connectivity index (χ0v) is 13.8. The Morgan fingerprint density at radius 2 is 1.71 bits per heavy atom. The molecule has 0 N–H and O–H groups in total. The third kappa shape index (κ3) is 2.41. The normalized spacial score (nSPS) is 10.9. The molecule has 0 bridgehead atoms.